The lowest BCUT2D eigenvalue weighted by Crippen LogP contribution is -2.61. The van der Waals surface area contributed by atoms with Crippen LogP contribution in [-0.4, -0.2) is 46.0 Å². The Labute approximate surface area is 247 Å². The summed E-state index contributed by atoms with van der Waals surface area (Å²) in [5, 5.41) is 25.2. The van der Waals surface area contributed by atoms with Gasteiger partial charge >= 0.3 is 6.03 Å². The monoisotopic (exact) mass is 580 g/mol. The third-order valence-corrected chi connectivity index (χ3v) is 10.8. The number of hydrogen-bond donors (Lipinski definition) is 4. The van der Waals surface area contributed by atoms with Gasteiger partial charge in [0.05, 0.1) is 25.4 Å². The summed E-state index contributed by atoms with van der Waals surface area (Å²) in [6.45, 7) is 2.78. The molecule has 2 aromatic carbocycles. The van der Waals surface area contributed by atoms with Crippen molar-refractivity contribution < 1.29 is 24.5 Å². The summed E-state index contributed by atoms with van der Waals surface area (Å²) in [5.74, 6) is 3.96. The van der Waals surface area contributed by atoms with Crippen molar-refractivity contribution in [1.82, 2.24) is 10.6 Å². The van der Waals surface area contributed by atoms with Crippen molar-refractivity contribution in [1.29, 1.82) is 0 Å². The first kappa shape index (κ1) is 29.0. The van der Waals surface area contributed by atoms with Crippen molar-refractivity contribution in [2.75, 3.05) is 18.1 Å². The summed E-state index contributed by atoms with van der Waals surface area (Å²) in [6.07, 6.45) is 6.81. The van der Waals surface area contributed by atoms with E-state index in [4.69, 9.17) is 9.47 Å². The first-order valence-electron chi connectivity index (χ1n) is 15.3. The molecule has 0 spiro atoms. The minimum absolute atomic E-state index is 0.0104. The largest absolute Gasteiger partial charge is 0.396 e. The molecule has 4 atom stereocenters. The zero-order valence-electron chi connectivity index (χ0n) is 24.0. The highest BCUT2D eigenvalue weighted by atomic mass is 32.2. The van der Waals surface area contributed by atoms with Crippen molar-refractivity contribution in [3.8, 4) is 0 Å². The molecule has 2 aromatic rings. The maximum atomic E-state index is 12.9. The second-order valence-corrected chi connectivity index (χ2v) is 14.0. The van der Waals surface area contributed by atoms with Crippen molar-refractivity contribution in [2.45, 2.75) is 82.6 Å². The highest BCUT2D eigenvalue weighted by Crippen LogP contribution is 2.55. The van der Waals surface area contributed by atoms with Crippen LogP contribution < -0.4 is 10.6 Å². The Balaban J connectivity index is 1.08. The van der Waals surface area contributed by atoms with E-state index >= 15 is 0 Å². The lowest BCUT2D eigenvalue weighted by Gasteiger charge is -2.56. The summed E-state index contributed by atoms with van der Waals surface area (Å²) in [7, 11) is 0. The fourth-order valence-electron chi connectivity index (χ4n) is 8.10. The SMILES string of the molecule is C[C@@H]1[C@H](CSCCO)O[C@H](c2ccc(CNC(=O)NC34CC5CC(CC(C5)C3)C4)cc2)O[C@@H]1c1ccc(CO)cc1. The molecule has 0 radical (unpaired) electrons. The number of rotatable bonds is 10. The number of carbonyl (C=O) groups excluding carboxylic acids is 1. The average molecular weight is 581 g/mol. The summed E-state index contributed by atoms with van der Waals surface area (Å²) >= 11 is 1.69. The molecule has 7 rings (SSSR count). The first-order valence-corrected chi connectivity index (χ1v) is 16.4. The maximum Gasteiger partial charge on any atom is 0.315 e. The number of benzene rings is 2. The summed E-state index contributed by atoms with van der Waals surface area (Å²) in [6, 6.07) is 16.0. The average Bonchev–Trinajstić information content (AvgIpc) is 2.96. The van der Waals surface area contributed by atoms with Gasteiger partial charge in [0.1, 0.15) is 0 Å². The van der Waals surface area contributed by atoms with E-state index in [1.807, 2.05) is 48.5 Å². The highest BCUT2D eigenvalue weighted by Gasteiger charge is 2.51. The molecule has 4 aliphatic carbocycles. The lowest BCUT2D eigenvalue weighted by molar-refractivity contribution is -0.268. The highest BCUT2D eigenvalue weighted by molar-refractivity contribution is 7.99. The molecule has 2 amide bonds. The Morgan fingerprint density at radius 1 is 0.902 bits per heavy atom. The van der Waals surface area contributed by atoms with Crippen molar-refractivity contribution in [2.24, 2.45) is 23.7 Å². The van der Waals surface area contributed by atoms with Crippen LogP contribution in [0.25, 0.3) is 0 Å². The standard InChI is InChI=1S/C33H44N2O5S/c1-21-29(20-41-11-10-36)39-31(40-30(21)27-6-4-23(19-37)5-7-27)28-8-2-22(3-9-28)18-34-32(38)35-33-15-24-12-25(16-33)14-26(13-24)17-33/h2-9,21,24-26,29-31,36-37H,10-20H2,1H3,(H2,34,35,38)/t21-,24?,25?,26?,29+,30+,31+,33?/m1/s1. The predicted octanol–water partition coefficient (Wildman–Crippen LogP) is 5.46. The van der Waals surface area contributed by atoms with Gasteiger partial charge < -0.3 is 30.3 Å². The number of thioether (sulfide) groups is 1. The van der Waals surface area contributed by atoms with Gasteiger partial charge in [-0.15, -0.1) is 0 Å². The minimum Gasteiger partial charge on any atom is -0.396 e. The summed E-state index contributed by atoms with van der Waals surface area (Å²) < 4.78 is 13.0. The van der Waals surface area contributed by atoms with Crippen molar-refractivity contribution in [3.05, 3.63) is 70.8 Å². The lowest BCUT2D eigenvalue weighted by atomic mass is 9.53. The van der Waals surface area contributed by atoms with Crippen LogP contribution in [0.3, 0.4) is 0 Å². The minimum atomic E-state index is -0.519. The van der Waals surface area contributed by atoms with Crippen LogP contribution in [0.1, 0.15) is 80.1 Å². The molecular weight excluding hydrogens is 536 g/mol. The number of carbonyl (C=O) groups is 1. The Hall–Kier alpha value is -2.10. The number of ether oxygens (including phenoxy) is 2. The van der Waals surface area contributed by atoms with Crippen molar-refractivity contribution >= 4 is 17.8 Å². The van der Waals surface area contributed by atoms with Gasteiger partial charge in [-0.2, -0.15) is 11.8 Å². The number of nitrogens with one attached hydrogen (secondary N) is 2. The maximum absolute atomic E-state index is 12.9. The van der Waals surface area contributed by atoms with Gasteiger partial charge in [-0.1, -0.05) is 55.5 Å². The summed E-state index contributed by atoms with van der Waals surface area (Å²) in [4.78, 5) is 12.9. The van der Waals surface area contributed by atoms with Gasteiger partial charge in [0, 0.05) is 35.1 Å². The molecule has 222 valence electrons. The fraction of sp³-hybridized carbons (Fsp3) is 0.606. The molecule has 7 nitrogen and oxygen atoms in total. The Bertz CT molecular complexity index is 1140. The van der Waals surface area contributed by atoms with Crippen LogP contribution >= 0.6 is 11.8 Å². The molecule has 1 heterocycles. The topological polar surface area (TPSA) is 100 Å². The Kier molecular flexibility index (Phi) is 8.94. The van der Waals surface area contributed by atoms with Crippen LogP contribution in [-0.2, 0) is 22.6 Å². The number of amides is 2. The fourth-order valence-corrected chi connectivity index (χ4v) is 9.01. The smallest absolute Gasteiger partial charge is 0.315 e. The van der Waals surface area contributed by atoms with Crippen molar-refractivity contribution in [3.63, 3.8) is 0 Å². The quantitative estimate of drug-likeness (QED) is 0.279. The van der Waals surface area contributed by atoms with E-state index < -0.39 is 6.29 Å². The van der Waals surface area contributed by atoms with Gasteiger partial charge in [-0.05, 0) is 73.0 Å². The second kappa shape index (κ2) is 12.6. The van der Waals surface area contributed by atoms with E-state index in [9.17, 15) is 15.0 Å². The molecule has 0 aromatic heterocycles. The molecule has 1 aliphatic heterocycles. The van der Waals surface area contributed by atoms with Crippen LogP contribution in [0.5, 0.6) is 0 Å². The van der Waals surface area contributed by atoms with Gasteiger partial charge in [0.15, 0.2) is 6.29 Å². The van der Waals surface area contributed by atoms with Crippen LogP contribution in [0.15, 0.2) is 48.5 Å². The van der Waals surface area contributed by atoms with E-state index in [0.29, 0.717) is 12.3 Å². The predicted molar refractivity (Wildman–Crippen MR) is 160 cm³/mol. The molecule has 5 fully saturated rings. The zero-order chi connectivity index (χ0) is 28.4. The normalized spacial score (nSPS) is 34.0. The second-order valence-electron chi connectivity index (χ2n) is 12.9. The zero-order valence-corrected chi connectivity index (χ0v) is 24.8. The number of aliphatic hydroxyl groups is 2. The molecule has 4 saturated carbocycles. The van der Waals surface area contributed by atoms with E-state index in [-0.39, 0.29) is 42.9 Å². The van der Waals surface area contributed by atoms with Crippen LogP contribution in [0.4, 0.5) is 4.79 Å². The molecule has 41 heavy (non-hydrogen) atoms. The van der Waals surface area contributed by atoms with Gasteiger partial charge in [0.2, 0.25) is 0 Å². The molecule has 1 saturated heterocycles. The van der Waals surface area contributed by atoms with Crippen LogP contribution in [0.2, 0.25) is 0 Å². The van der Waals surface area contributed by atoms with E-state index in [0.717, 1.165) is 65.0 Å². The molecule has 4 bridgehead atoms. The third-order valence-electron chi connectivity index (χ3n) is 9.76. The van der Waals surface area contributed by atoms with E-state index in [1.165, 1.54) is 19.3 Å². The molecule has 5 aliphatic rings. The first-order chi connectivity index (χ1) is 19.9. The number of hydrogen-bond acceptors (Lipinski definition) is 6. The summed E-state index contributed by atoms with van der Waals surface area (Å²) in [5.41, 5.74) is 3.91. The Morgan fingerprint density at radius 3 is 2.12 bits per heavy atom. The van der Waals surface area contributed by atoms with E-state index in [2.05, 4.69) is 17.6 Å². The third kappa shape index (κ3) is 6.62. The molecule has 0 unspecified atom stereocenters. The van der Waals surface area contributed by atoms with Gasteiger partial charge in [-0.3, -0.25) is 0 Å². The van der Waals surface area contributed by atoms with E-state index in [1.54, 1.807) is 11.8 Å². The molecule has 4 N–H and O–H groups in total. The number of aliphatic hydroxyl groups excluding tert-OH is 2. The molecule has 8 heteroatoms. The molecular formula is C33H44N2O5S. The van der Waals surface area contributed by atoms with Gasteiger partial charge in [0.25, 0.3) is 0 Å². The number of urea groups is 1. The van der Waals surface area contributed by atoms with Crippen LogP contribution in [0, 0.1) is 23.7 Å². The van der Waals surface area contributed by atoms with Gasteiger partial charge in [-0.25, -0.2) is 4.79 Å². The Morgan fingerprint density at radius 2 is 1.51 bits per heavy atom.